The Morgan fingerprint density at radius 2 is 1.95 bits per heavy atom. The van der Waals surface area contributed by atoms with E-state index in [1.54, 1.807) is 11.8 Å². The van der Waals surface area contributed by atoms with Gasteiger partial charge in [0.25, 0.3) is 0 Å². The molecule has 0 saturated carbocycles. The smallest absolute Gasteiger partial charge is 0.144 e. The fourth-order valence-corrected chi connectivity index (χ4v) is 3.57. The van der Waals surface area contributed by atoms with Crippen LogP contribution >= 0.6 is 23.4 Å². The van der Waals surface area contributed by atoms with Gasteiger partial charge in [-0.15, -0.1) is 11.8 Å². The maximum atomic E-state index is 9.15. The average Bonchev–Trinajstić information content (AvgIpc) is 2.50. The summed E-state index contributed by atoms with van der Waals surface area (Å²) in [4.78, 5) is 2.52. The third kappa shape index (κ3) is 6.07. The third-order valence-corrected chi connectivity index (χ3v) is 4.90. The number of nitrogens with zero attached hydrogens (tertiary/aromatic N) is 2. The Balaban J connectivity index is 0.00000220. The van der Waals surface area contributed by atoms with Gasteiger partial charge in [0.15, 0.2) is 0 Å². The van der Waals surface area contributed by atoms with Crippen molar-refractivity contribution in [2.24, 2.45) is 5.16 Å². The average molecular weight is 348 g/mol. The summed E-state index contributed by atoms with van der Waals surface area (Å²) in [5.74, 6) is 0.946. The molecule has 1 aliphatic rings. The number of rotatable bonds is 5. The van der Waals surface area contributed by atoms with E-state index in [0.717, 1.165) is 24.3 Å². The Hall–Kier alpha value is -0.420. The van der Waals surface area contributed by atoms with Gasteiger partial charge >= 0.3 is 0 Å². The van der Waals surface area contributed by atoms with E-state index in [4.69, 9.17) is 16.8 Å². The first-order valence-electron chi connectivity index (χ1n) is 7.13. The van der Waals surface area contributed by atoms with E-state index in [9.17, 15) is 0 Å². The molecule has 6 heteroatoms. The summed E-state index contributed by atoms with van der Waals surface area (Å²) >= 11 is 7.69. The second-order valence-electron chi connectivity index (χ2n) is 4.99. The molecule has 1 N–H and O–H groups in total. The highest BCUT2D eigenvalue weighted by Crippen LogP contribution is 2.22. The van der Waals surface area contributed by atoms with E-state index in [1.165, 1.54) is 32.4 Å². The van der Waals surface area contributed by atoms with Crippen molar-refractivity contribution < 1.29 is 17.6 Å². The van der Waals surface area contributed by atoms with Gasteiger partial charge in [0, 0.05) is 11.3 Å². The van der Waals surface area contributed by atoms with Crippen LogP contribution in [0.3, 0.4) is 0 Å². The summed E-state index contributed by atoms with van der Waals surface area (Å²) in [5, 5.41) is 13.8. The maximum Gasteiger partial charge on any atom is 0.144 e. The van der Waals surface area contributed by atoms with Crippen LogP contribution in [0.2, 0.25) is 5.02 Å². The van der Waals surface area contributed by atoms with Crippen molar-refractivity contribution in [2.75, 3.05) is 25.4 Å². The lowest BCUT2D eigenvalue weighted by Crippen LogP contribution is -3.00. The van der Waals surface area contributed by atoms with Crippen LogP contribution in [-0.2, 0) is 0 Å². The molecule has 1 aromatic rings. The number of likely N-dealkylation sites (tertiary alicyclic amines) is 1. The Kier molecular flexibility index (Phi) is 9.16. The fourth-order valence-electron chi connectivity index (χ4n) is 2.44. The molecule has 0 aromatic heterocycles. The molecule has 0 amide bonds. The van der Waals surface area contributed by atoms with E-state index in [-0.39, 0.29) is 12.4 Å². The zero-order chi connectivity index (χ0) is 14.2. The fraction of sp³-hybridized carbons (Fsp3) is 0.533. The monoisotopic (exact) mass is 347 g/mol. The molecule has 1 heterocycles. The van der Waals surface area contributed by atoms with E-state index in [1.807, 2.05) is 24.3 Å². The summed E-state index contributed by atoms with van der Waals surface area (Å²) in [6, 6.07) is 7.48. The lowest BCUT2D eigenvalue weighted by atomic mass is 10.1. The van der Waals surface area contributed by atoms with Crippen molar-refractivity contribution in [2.45, 2.75) is 25.7 Å². The Labute approximate surface area is 142 Å². The van der Waals surface area contributed by atoms with E-state index < -0.39 is 0 Å². The van der Waals surface area contributed by atoms with Gasteiger partial charge in [-0.2, -0.15) is 0 Å². The zero-order valence-corrected chi connectivity index (χ0v) is 14.3. The quantitative estimate of drug-likeness (QED) is 0.285. The van der Waals surface area contributed by atoms with Crippen LogP contribution in [0.25, 0.3) is 0 Å². The van der Waals surface area contributed by atoms with Gasteiger partial charge in [0.05, 0.1) is 5.02 Å². The summed E-state index contributed by atoms with van der Waals surface area (Å²) in [6.07, 6.45) is 5.14. The molecule has 0 radical (unpaired) electrons. The number of thioether (sulfide) groups is 1. The first-order chi connectivity index (χ1) is 9.81. The number of piperidine rings is 1. The summed E-state index contributed by atoms with van der Waals surface area (Å²) < 4.78 is 0. The van der Waals surface area contributed by atoms with Gasteiger partial charge in [-0.3, -0.25) is 0 Å². The van der Waals surface area contributed by atoms with Gasteiger partial charge < -0.3 is 22.5 Å². The van der Waals surface area contributed by atoms with E-state index >= 15 is 0 Å². The zero-order valence-electron chi connectivity index (χ0n) is 12.0. The molecule has 21 heavy (non-hydrogen) atoms. The normalized spacial score (nSPS) is 16.5. The minimum atomic E-state index is 0. The Morgan fingerprint density at radius 1 is 1.24 bits per heavy atom. The van der Waals surface area contributed by atoms with Gasteiger partial charge in [0.1, 0.15) is 5.04 Å². The molecule has 1 aromatic carbocycles. The number of halogens is 2. The molecule has 0 unspecified atom stereocenters. The molecule has 1 fully saturated rings. The minimum Gasteiger partial charge on any atom is -1.00 e. The molecule has 118 valence electrons. The SMILES string of the molecule is O/N=C(/SCCCN1CCCCC1)c1ccccc1Cl.[Cl-]. The van der Waals surface area contributed by atoms with Crippen LogP contribution in [0.1, 0.15) is 31.2 Å². The predicted octanol–water partition coefficient (Wildman–Crippen LogP) is 1.09. The van der Waals surface area contributed by atoms with E-state index in [2.05, 4.69) is 10.1 Å². The Bertz CT molecular complexity index is 451. The van der Waals surface area contributed by atoms with E-state index in [0.29, 0.717) is 10.1 Å². The molecule has 1 saturated heterocycles. The van der Waals surface area contributed by atoms with Gasteiger partial charge in [-0.1, -0.05) is 41.4 Å². The number of hydrogen-bond donors (Lipinski definition) is 1. The summed E-state index contributed by atoms with van der Waals surface area (Å²) in [7, 11) is 0. The van der Waals surface area contributed by atoms with Crippen LogP contribution in [0.5, 0.6) is 0 Å². The first kappa shape index (κ1) is 18.6. The van der Waals surface area contributed by atoms with Crippen molar-refractivity contribution in [1.82, 2.24) is 4.90 Å². The molecule has 1 aliphatic heterocycles. The number of benzene rings is 1. The largest absolute Gasteiger partial charge is 1.00 e. The van der Waals surface area contributed by atoms with Crippen molar-refractivity contribution >= 4 is 28.4 Å². The van der Waals surface area contributed by atoms with Crippen molar-refractivity contribution in [3.8, 4) is 0 Å². The van der Waals surface area contributed by atoms with Crippen LogP contribution < -0.4 is 12.4 Å². The van der Waals surface area contributed by atoms with Gasteiger partial charge in [-0.25, -0.2) is 0 Å². The molecular formula is C15H21Cl2N2OS-. The van der Waals surface area contributed by atoms with Gasteiger partial charge in [0.2, 0.25) is 0 Å². The first-order valence-corrected chi connectivity index (χ1v) is 8.49. The number of oxime groups is 1. The number of hydrogen-bond acceptors (Lipinski definition) is 4. The Morgan fingerprint density at radius 3 is 2.62 bits per heavy atom. The van der Waals surface area contributed by atoms with Crippen molar-refractivity contribution in [3.63, 3.8) is 0 Å². The molecule has 2 rings (SSSR count). The highest BCUT2D eigenvalue weighted by atomic mass is 35.5. The van der Waals surface area contributed by atoms with Gasteiger partial charge in [-0.05, 0) is 45.0 Å². The maximum absolute atomic E-state index is 9.15. The van der Waals surface area contributed by atoms with Crippen LogP contribution in [-0.4, -0.2) is 40.5 Å². The molecular weight excluding hydrogens is 327 g/mol. The lowest BCUT2D eigenvalue weighted by Gasteiger charge is -2.26. The predicted molar refractivity (Wildman–Crippen MR) is 87.1 cm³/mol. The highest BCUT2D eigenvalue weighted by Gasteiger charge is 2.11. The van der Waals surface area contributed by atoms with Crippen molar-refractivity contribution in [1.29, 1.82) is 0 Å². The molecule has 0 spiro atoms. The standard InChI is InChI=1S/C15H21ClN2OS.ClH/c16-14-8-3-2-7-13(14)15(17-19)20-12-6-11-18-9-4-1-5-10-18;/h2-3,7-8,19H,1,4-6,9-12H2;1H/p-1/b17-15+;. The third-order valence-electron chi connectivity index (χ3n) is 3.50. The van der Waals surface area contributed by atoms with Crippen LogP contribution in [0.4, 0.5) is 0 Å². The summed E-state index contributed by atoms with van der Waals surface area (Å²) in [6.45, 7) is 3.60. The van der Waals surface area contributed by atoms with Crippen LogP contribution in [0.15, 0.2) is 29.4 Å². The van der Waals surface area contributed by atoms with Crippen molar-refractivity contribution in [3.05, 3.63) is 34.9 Å². The molecule has 3 nitrogen and oxygen atoms in total. The second kappa shape index (κ2) is 10.3. The minimum absolute atomic E-state index is 0. The highest BCUT2D eigenvalue weighted by molar-refractivity contribution is 8.14. The second-order valence-corrected chi connectivity index (χ2v) is 6.48. The molecule has 0 atom stereocenters. The topological polar surface area (TPSA) is 35.8 Å². The summed E-state index contributed by atoms with van der Waals surface area (Å²) in [5.41, 5.74) is 0.805. The lowest BCUT2D eigenvalue weighted by molar-refractivity contribution is -0.00000477. The molecule has 0 aliphatic carbocycles. The molecule has 0 bridgehead atoms. The van der Waals surface area contributed by atoms with Crippen LogP contribution in [0, 0.1) is 0 Å².